The first-order valence-electron chi connectivity index (χ1n) is 3.81. The number of hydrogen-bond acceptors (Lipinski definition) is 1. The molecule has 0 saturated heterocycles. The number of hydrogen-bond donors (Lipinski definition) is 0. The zero-order valence-corrected chi connectivity index (χ0v) is 6.92. The van der Waals surface area contributed by atoms with Gasteiger partial charge in [-0.15, -0.1) is 0 Å². The van der Waals surface area contributed by atoms with Crippen LogP contribution >= 0.6 is 0 Å². The molecule has 0 aliphatic heterocycles. The number of nitrogens with zero attached hydrogens (tertiary/aromatic N) is 1. The van der Waals surface area contributed by atoms with Crippen molar-refractivity contribution in [1.82, 2.24) is 4.90 Å². The maximum Gasteiger partial charge on any atom is 0.222 e. The molecular formula is C8H15NO. The van der Waals surface area contributed by atoms with Crippen molar-refractivity contribution in [3.8, 4) is 0 Å². The van der Waals surface area contributed by atoms with Crippen LogP contribution in [0.15, 0.2) is 0 Å². The van der Waals surface area contributed by atoms with Gasteiger partial charge >= 0.3 is 0 Å². The number of carbonyl (C=O) groups is 1. The summed E-state index contributed by atoms with van der Waals surface area (Å²) in [5.74, 6) is 1.76. The lowest BCUT2D eigenvalue weighted by Crippen LogP contribution is -2.21. The predicted molar refractivity (Wildman–Crippen MR) is 40.6 cm³/mol. The standard InChI is InChI=1S/C8H15NO/c1-6-4-7(6)5-8(10)9(2)3/h6-7H,4-5H2,1-3H3. The van der Waals surface area contributed by atoms with Gasteiger partial charge in [0.25, 0.3) is 0 Å². The van der Waals surface area contributed by atoms with E-state index in [9.17, 15) is 4.79 Å². The van der Waals surface area contributed by atoms with E-state index in [2.05, 4.69) is 6.92 Å². The molecule has 1 aliphatic carbocycles. The maximum absolute atomic E-state index is 11.1. The van der Waals surface area contributed by atoms with Gasteiger partial charge in [0.2, 0.25) is 5.91 Å². The Bertz CT molecular complexity index is 142. The van der Waals surface area contributed by atoms with Crippen molar-refractivity contribution in [2.45, 2.75) is 19.8 Å². The van der Waals surface area contributed by atoms with Crippen LogP contribution < -0.4 is 0 Å². The largest absolute Gasteiger partial charge is 0.349 e. The van der Waals surface area contributed by atoms with Crippen LogP contribution in [0.5, 0.6) is 0 Å². The Labute approximate surface area is 62.2 Å². The summed E-state index contributed by atoms with van der Waals surface area (Å²) < 4.78 is 0. The molecule has 0 radical (unpaired) electrons. The first kappa shape index (κ1) is 7.58. The minimum Gasteiger partial charge on any atom is -0.349 e. The normalized spacial score (nSPS) is 29.9. The summed E-state index contributed by atoms with van der Waals surface area (Å²) in [6.07, 6.45) is 2.01. The van der Waals surface area contributed by atoms with Crippen molar-refractivity contribution >= 4 is 5.91 Å². The molecule has 0 aromatic rings. The summed E-state index contributed by atoms with van der Waals surface area (Å²) >= 11 is 0. The second-order valence-corrected chi connectivity index (χ2v) is 3.47. The van der Waals surface area contributed by atoms with Crippen LogP contribution in [0.2, 0.25) is 0 Å². The SMILES string of the molecule is CC1CC1CC(=O)N(C)C. The Morgan fingerprint density at radius 2 is 2.10 bits per heavy atom. The average Bonchev–Trinajstić information content (AvgIpc) is 2.46. The first-order valence-corrected chi connectivity index (χ1v) is 3.81. The van der Waals surface area contributed by atoms with Gasteiger partial charge in [-0.3, -0.25) is 4.79 Å². The van der Waals surface area contributed by atoms with E-state index in [1.807, 2.05) is 14.1 Å². The Balaban J connectivity index is 2.20. The number of carbonyl (C=O) groups excluding carboxylic acids is 1. The molecule has 1 amide bonds. The van der Waals surface area contributed by atoms with Gasteiger partial charge in [-0.25, -0.2) is 0 Å². The molecule has 1 saturated carbocycles. The van der Waals surface area contributed by atoms with Gasteiger partial charge < -0.3 is 4.90 Å². The third kappa shape index (κ3) is 1.72. The molecule has 2 unspecified atom stereocenters. The maximum atomic E-state index is 11.1. The summed E-state index contributed by atoms with van der Waals surface area (Å²) in [4.78, 5) is 12.7. The molecule has 0 spiro atoms. The predicted octanol–water partition coefficient (Wildman–Crippen LogP) is 1.12. The van der Waals surface area contributed by atoms with E-state index in [4.69, 9.17) is 0 Å². The zero-order chi connectivity index (χ0) is 7.72. The molecule has 2 nitrogen and oxygen atoms in total. The molecule has 0 heterocycles. The Hall–Kier alpha value is -0.530. The first-order chi connectivity index (χ1) is 4.61. The highest BCUT2D eigenvalue weighted by Crippen LogP contribution is 2.40. The van der Waals surface area contributed by atoms with Gasteiger partial charge in [0.1, 0.15) is 0 Å². The van der Waals surface area contributed by atoms with E-state index < -0.39 is 0 Å². The lowest BCUT2D eigenvalue weighted by atomic mass is 10.2. The third-order valence-corrected chi connectivity index (χ3v) is 2.21. The highest BCUT2D eigenvalue weighted by atomic mass is 16.2. The van der Waals surface area contributed by atoms with Crippen LogP contribution in [0.1, 0.15) is 19.8 Å². The molecule has 1 fully saturated rings. The van der Waals surface area contributed by atoms with Crippen LogP contribution in [0.4, 0.5) is 0 Å². The smallest absolute Gasteiger partial charge is 0.222 e. The highest BCUT2D eigenvalue weighted by Gasteiger charge is 2.34. The minimum atomic E-state index is 0.273. The quantitative estimate of drug-likeness (QED) is 0.564. The second-order valence-electron chi connectivity index (χ2n) is 3.47. The van der Waals surface area contributed by atoms with E-state index in [-0.39, 0.29) is 5.91 Å². The fraction of sp³-hybridized carbons (Fsp3) is 0.875. The van der Waals surface area contributed by atoms with Crippen LogP contribution in [0, 0.1) is 11.8 Å². The van der Waals surface area contributed by atoms with Crippen molar-refractivity contribution in [2.75, 3.05) is 14.1 Å². The minimum absolute atomic E-state index is 0.273. The molecule has 2 atom stereocenters. The van der Waals surface area contributed by atoms with Gasteiger partial charge in [-0.1, -0.05) is 6.92 Å². The van der Waals surface area contributed by atoms with Gasteiger partial charge in [0.15, 0.2) is 0 Å². The molecule has 0 N–H and O–H groups in total. The zero-order valence-electron chi connectivity index (χ0n) is 6.92. The van der Waals surface area contributed by atoms with Crippen LogP contribution in [0.3, 0.4) is 0 Å². The molecule has 2 heteroatoms. The molecule has 1 aliphatic rings. The van der Waals surface area contributed by atoms with Crippen LogP contribution in [0.25, 0.3) is 0 Å². The monoisotopic (exact) mass is 141 g/mol. The van der Waals surface area contributed by atoms with E-state index in [1.165, 1.54) is 6.42 Å². The average molecular weight is 141 g/mol. The summed E-state index contributed by atoms with van der Waals surface area (Å²) in [5, 5.41) is 0. The Morgan fingerprint density at radius 1 is 1.60 bits per heavy atom. The van der Waals surface area contributed by atoms with Gasteiger partial charge in [0.05, 0.1) is 0 Å². The molecule has 0 aromatic heterocycles. The summed E-state index contributed by atoms with van der Waals surface area (Å²) in [7, 11) is 3.63. The molecule has 58 valence electrons. The lowest BCUT2D eigenvalue weighted by molar-refractivity contribution is -0.129. The fourth-order valence-electron chi connectivity index (χ4n) is 1.09. The molecular weight excluding hydrogens is 126 g/mol. The van der Waals surface area contributed by atoms with Gasteiger partial charge in [0, 0.05) is 20.5 Å². The third-order valence-electron chi connectivity index (χ3n) is 2.21. The Morgan fingerprint density at radius 3 is 2.40 bits per heavy atom. The van der Waals surface area contributed by atoms with Crippen LogP contribution in [-0.2, 0) is 4.79 Å². The van der Waals surface area contributed by atoms with E-state index in [1.54, 1.807) is 4.90 Å². The summed E-state index contributed by atoms with van der Waals surface area (Å²) in [6, 6.07) is 0. The topological polar surface area (TPSA) is 20.3 Å². The summed E-state index contributed by atoms with van der Waals surface area (Å²) in [5.41, 5.74) is 0. The molecule has 10 heavy (non-hydrogen) atoms. The second kappa shape index (κ2) is 2.60. The van der Waals surface area contributed by atoms with Gasteiger partial charge in [-0.2, -0.15) is 0 Å². The highest BCUT2D eigenvalue weighted by molar-refractivity contribution is 5.76. The number of amides is 1. The van der Waals surface area contributed by atoms with E-state index in [0.717, 1.165) is 12.3 Å². The summed E-state index contributed by atoms with van der Waals surface area (Å²) in [6.45, 7) is 2.20. The Kier molecular flexibility index (Phi) is 1.97. The van der Waals surface area contributed by atoms with Crippen molar-refractivity contribution in [3.05, 3.63) is 0 Å². The van der Waals surface area contributed by atoms with Crippen LogP contribution in [-0.4, -0.2) is 24.9 Å². The van der Waals surface area contributed by atoms with Crippen molar-refractivity contribution in [1.29, 1.82) is 0 Å². The van der Waals surface area contributed by atoms with E-state index in [0.29, 0.717) is 5.92 Å². The molecule has 0 aromatic carbocycles. The fourth-order valence-corrected chi connectivity index (χ4v) is 1.09. The van der Waals surface area contributed by atoms with Crippen molar-refractivity contribution in [3.63, 3.8) is 0 Å². The van der Waals surface area contributed by atoms with E-state index >= 15 is 0 Å². The van der Waals surface area contributed by atoms with Crippen molar-refractivity contribution < 1.29 is 4.79 Å². The number of rotatable bonds is 2. The van der Waals surface area contributed by atoms with Crippen molar-refractivity contribution in [2.24, 2.45) is 11.8 Å². The van der Waals surface area contributed by atoms with Gasteiger partial charge in [-0.05, 0) is 18.3 Å². The molecule has 0 bridgehead atoms. The molecule has 1 rings (SSSR count). The lowest BCUT2D eigenvalue weighted by Gasteiger charge is -2.08.